The van der Waals surface area contributed by atoms with Gasteiger partial charge in [0.1, 0.15) is 10.6 Å². The number of aliphatic hydroxyl groups is 1. The van der Waals surface area contributed by atoms with Gasteiger partial charge in [-0.25, -0.2) is 0 Å². The topological polar surface area (TPSA) is 58.6 Å². The summed E-state index contributed by atoms with van der Waals surface area (Å²) in [6.07, 6.45) is 0.547. The van der Waals surface area contributed by atoms with Crippen LogP contribution in [0.2, 0.25) is 0 Å². The van der Waals surface area contributed by atoms with Crippen molar-refractivity contribution < 1.29 is 14.6 Å². The first kappa shape index (κ1) is 14.6. The van der Waals surface area contributed by atoms with Gasteiger partial charge in [-0.05, 0) is 18.1 Å². The van der Waals surface area contributed by atoms with Crippen LogP contribution in [0.4, 0.5) is 0 Å². The van der Waals surface area contributed by atoms with Crippen LogP contribution in [0.15, 0.2) is 36.4 Å². The molecule has 2 rings (SSSR count). The Balaban J connectivity index is 2.21. The summed E-state index contributed by atoms with van der Waals surface area (Å²) in [4.78, 5) is 13.6. The van der Waals surface area contributed by atoms with Crippen molar-refractivity contribution in [1.29, 1.82) is 0 Å². The van der Waals surface area contributed by atoms with Crippen molar-refractivity contribution in [2.75, 3.05) is 20.3 Å². The van der Waals surface area contributed by atoms with Gasteiger partial charge in [-0.1, -0.05) is 30.3 Å². The fraction of sp³-hybridized carbons (Fsp3) is 0.267. The smallest absolute Gasteiger partial charge is 0.265 e. The molecule has 0 aliphatic rings. The summed E-state index contributed by atoms with van der Waals surface area (Å²) in [6.45, 7) is 0.522. The highest BCUT2D eigenvalue weighted by Gasteiger charge is 2.17. The second kappa shape index (κ2) is 7.07. The van der Waals surface area contributed by atoms with Crippen LogP contribution in [0.3, 0.4) is 0 Å². The number of aliphatic hydroxyl groups excluding tert-OH is 1. The van der Waals surface area contributed by atoms with Crippen LogP contribution in [0, 0.1) is 0 Å². The minimum absolute atomic E-state index is 0.0666. The Hall–Kier alpha value is -1.85. The third-order valence-corrected chi connectivity index (χ3v) is 3.97. The SMILES string of the molecule is COc1cc(-c2ccccc2)sc1C(=O)NCCCO. The molecule has 1 amide bonds. The Morgan fingerprint density at radius 2 is 2.10 bits per heavy atom. The molecular weight excluding hydrogens is 274 g/mol. The monoisotopic (exact) mass is 291 g/mol. The van der Waals surface area contributed by atoms with Gasteiger partial charge in [-0.3, -0.25) is 4.79 Å². The van der Waals surface area contributed by atoms with E-state index in [2.05, 4.69) is 5.32 Å². The Labute approximate surface area is 122 Å². The lowest BCUT2D eigenvalue weighted by Gasteiger charge is -2.03. The summed E-state index contributed by atoms with van der Waals surface area (Å²) in [7, 11) is 1.56. The lowest BCUT2D eigenvalue weighted by atomic mass is 10.2. The van der Waals surface area contributed by atoms with Crippen LogP contribution < -0.4 is 10.1 Å². The number of carbonyl (C=O) groups is 1. The summed E-state index contributed by atoms with van der Waals surface area (Å²) >= 11 is 1.40. The Morgan fingerprint density at radius 3 is 2.75 bits per heavy atom. The molecule has 0 atom stereocenters. The van der Waals surface area contributed by atoms with E-state index < -0.39 is 0 Å². The number of methoxy groups -OCH3 is 1. The van der Waals surface area contributed by atoms with Crippen molar-refractivity contribution in [1.82, 2.24) is 5.32 Å². The Morgan fingerprint density at radius 1 is 1.35 bits per heavy atom. The summed E-state index contributed by atoms with van der Waals surface area (Å²) < 4.78 is 5.28. The second-order valence-corrected chi connectivity index (χ2v) is 5.26. The van der Waals surface area contributed by atoms with Crippen molar-refractivity contribution >= 4 is 17.2 Å². The van der Waals surface area contributed by atoms with Crippen LogP contribution in [-0.2, 0) is 0 Å². The third kappa shape index (κ3) is 3.37. The number of hydrogen-bond donors (Lipinski definition) is 2. The Kier molecular flexibility index (Phi) is 5.15. The average Bonchev–Trinajstić information content (AvgIpc) is 2.92. The predicted molar refractivity (Wildman–Crippen MR) is 80.3 cm³/mol. The van der Waals surface area contributed by atoms with E-state index in [0.717, 1.165) is 10.4 Å². The zero-order chi connectivity index (χ0) is 14.4. The molecule has 0 spiro atoms. The van der Waals surface area contributed by atoms with Crippen molar-refractivity contribution in [2.24, 2.45) is 0 Å². The highest BCUT2D eigenvalue weighted by atomic mass is 32.1. The van der Waals surface area contributed by atoms with E-state index in [-0.39, 0.29) is 12.5 Å². The first-order valence-corrected chi connectivity index (χ1v) is 7.20. The summed E-state index contributed by atoms with van der Waals surface area (Å²) in [5.74, 6) is 0.415. The molecule has 20 heavy (non-hydrogen) atoms. The zero-order valence-corrected chi connectivity index (χ0v) is 12.1. The molecule has 1 heterocycles. The summed E-state index contributed by atoms with van der Waals surface area (Å²) in [5, 5.41) is 11.5. The van der Waals surface area contributed by atoms with Gasteiger partial charge in [0.2, 0.25) is 0 Å². The molecular formula is C15H17NO3S. The van der Waals surface area contributed by atoms with Crippen LogP contribution >= 0.6 is 11.3 Å². The molecule has 106 valence electrons. The lowest BCUT2D eigenvalue weighted by molar-refractivity contribution is 0.0952. The van der Waals surface area contributed by atoms with E-state index in [0.29, 0.717) is 23.6 Å². The number of ether oxygens (including phenoxy) is 1. The van der Waals surface area contributed by atoms with Crippen LogP contribution in [0.25, 0.3) is 10.4 Å². The number of carbonyl (C=O) groups excluding carboxylic acids is 1. The number of rotatable bonds is 6. The fourth-order valence-corrected chi connectivity index (χ4v) is 2.84. The van der Waals surface area contributed by atoms with Gasteiger partial charge in [0.05, 0.1) is 7.11 Å². The van der Waals surface area contributed by atoms with Crippen molar-refractivity contribution in [3.05, 3.63) is 41.3 Å². The molecule has 4 nitrogen and oxygen atoms in total. The van der Waals surface area contributed by atoms with E-state index >= 15 is 0 Å². The zero-order valence-electron chi connectivity index (χ0n) is 11.3. The predicted octanol–water partition coefficient (Wildman–Crippen LogP) is 2.54. The first-order chi connectivity index (χ1) is 9.76. The van der Waals surface area contributed by atoms with Gasteiger partial charge in [-0.2, -0.15) is 0 Å². The maximum absolute atomic E-state index is 12.1. The fourth-order valence-electron chi connectivity index (χ4n) is 1.79. The Bertz CT molecular complexity index is 566. The molecule has 0 saturated heterocycles. The number of thiophene rings is 1. The van der Waals surface area contributed by atoms with Crippen molar-refractivity contribution in [2.45, 2.75) is 6.42 Å². The molecule has 0 fully saturated rings. The number of nitrogens with one attached hydrogen (secondary N) is 1. The second-order valence-electron chi connectivity index (χ2n) is 4.21. The van der Waals surface area contributed by atoms with Gasteiger partial charge in [-0.15, -0.1) is 11.3 Å². The van der Waals surface area contributed by atoms with Crippen LogP contribution in [-0.4, -0.2) is 31.3 Å². The minimum Gasteiger partial charge on any atom is -0.495 e. The lowest BCUT2D eigenvalue weighted by Crippen LogP contribution is -2.24. The quantitative estimate of drug-likeness (QED) is 0.804. The van der Waals surface area contributed by atoms with Crippen LogP contribution in [0.5, 0.6) is 5.75 Å². The van der Waals surface area contributed by atoms with Gasteiger partial charge >= 0.3 is 0 Å². The maximum atomic E-state index is 12.1. The number of benzene rings is 1. The number of amides is 1. The third-order valence-electron chi connectivity index (χ3n) is 2.80. The van der Waals surface area contributed by atoms with Gasteiger partial charge in [0.15, 0.2) is 0 Å². The van der Waals surface area contributed by atoms with Gasteiger partial charge < -0.3 is 15.2 Å². The largest absolute Gasteiger partial charge is 0.495 e. The van der Waals surface area contributed by atoms with Crippen LogP contribution in [0.1, 0.15) is 16.1 Å². The molecule has 0 saturated carbocycles. The normalized spacial score (nSPS) is 10.3. The minimum atomic E-state index is -0.164. The summed E-state index contributed by atoms with van der Waals surface area (Å²) in [5.41, 5.74) is 1.06. The molecule has 2 N–H and O–H groups in total. The molecule has 0 radical (unpaired) electrons. The molecule has 1 aromatic carbocycles. The highest BCUT2D eigenvalue weighted by Crippen LogP contribution is 2.35. The maximum Gasteiger partial charge on any atom is 0.265 e. The van der Waals surface area contributed by atoms with Gasteiger partial charge in [0.25, 0.3) is 5.91 Å². The highest BCUT2D eigenvalue weighted by molar-refractivity contribution is 7.17. The van der Waals surface area contributed by atoms with E-state index in [1.165, 1.54) is 11.3 Å². The van der Waals surface area contributed by atoms with E-state index in [1.54, 1.807) is 7.11 Å². The molecule has 0 aliphatic heterocycles. The van der Waals surface area contributed by atoms with Gasteiger partial charge in [0, 0.05) is 18.0 Å². The molecule has 5 heteroatoms. The van der Waals surface area contributed by atoms with E-state index in [9.17, 15) is 4.79 Å². The van der Waals surface area contributed by atoms with E-state index in [4.69, 9.17) is 9.84 Å². The molecule has 0 unspecified atom stereocenters. The van der Waals surface area contributed by atoms with Crippen molar-refractivity contribution in [3.8, 4) is 16.2 Å². The first-order valence-electron chi connectivity index (χ1n) is 6.38. The molecule has 0 bridgehead atoms. The average molecular weight is 291 g/mol. The van der Waals surface area contributed by atoms with E-state index in [1.807, 2.05) is 36.4 Å². The molecule has 2 aromatic rings. The standard InChI is InChI=1S/C15H17NO3S/c1-19-12-10-13(11-6-3-2-4-7-11)20-14(12)15(18)16-8-5-9-17/h2-4,6-7,10,17H,5,8-9H2,1H3,(H,16,18). The summed E-state index contributed by atoms with van der Waals surface area (Å²) in [6, 6.07) is 11.8. The number of hydrogen-bond acceptors (Lipinski definition) is 4. The van der Waals surface area contributed by atoms with Crippen molar-refractivity contribution in [3.63, 3.8) is 0 Å². The molecule has 0 aliphatic carbocycles. The molecule has 1 aromatic heterocycles.